The summed E-state index contributed by atoms with van der Waals surface area (Å²) in [5.41, 5.74) is 0. The number of sulfonamides is 1. The van der Waals surface area contributed by atoms with Gasteiger partial charge in [-0.3, -0.25) is 4.99 Å². The van der Waals surface area contributed by atoms with Crippen LogP contribution in [0, 0.1) is 18.3 Å². The lowest BCUT2D eigenvalue weighted by atomic mass is 9.98. The number of terminal acetylenes is 1. The van der Waals surface area contributed by atoms with Crippen molar-refractivity contribution in [2.24, 2.45) is 10.9 Å². The summed E-state index contributed by atoms with van der Waals surface area (Å²) in [6.45, 7) is 5.09. The third-order valence-electron chi connectivity index (χ3n) is 3.25. The molecule has 1 rings (SSSR count). The van der Waals surface area contributed by atoms with Crippen LogP contribution in [0.2, 0.25) is 0 Å². The van der Waals surface area contributed by atoms with Crippen LogP contribution in [0.1, 0.15) is 19.8 Å². The van der Waals surface area contributed by atoms with Gasteiger partial charge in [0.2, 0.25) is 10.0 Å². The highest BCUT2D eigenvalue weighted by molar-refractivity contribution is 14.0. The fraction of sp³-hybridized carbons (Fsp3) is 0.769. The van der Waals surface area contributed by atoms with Crippen molar-refractivity contribution in [2.75, 3.05) is 39.0 Å². The number of hydrogen-bond donors (Lipinski definition) is 2. The summed E-state index contributed by atoms with van der Waals surface area (Å²) in [4.78, 5) is 4.49. The van der Waals surface area contributed by atoms with E-state index in [9.17, 15) is 8.42 Å². The van der Waals surface area contributed by atoms with Gasteiger partial charge in [0.1, 0.15) is 0 Å². The minimum absolute atomic E-state index is 0. The average Bonchev–Trinajstić information content (AvgIpc) is 2.41. The maximum absolute atomic E-state index is 11.4. The van der Waals surface area contributed by atoms with Gasteiger partial charge in [0, 0.05) is 26.2 Å². The molecule has 21 heavy (non-hydrogen) atoms. The average molecular weight is 428 g/mol. The van der Waals surface area contributed by atoms with E-state index in [0.717, 1.165) is 25.3 Å². The lowest BCUT2D eigenvalue weighted by Gasteiger charge is -2.29. The van der Waals surface area contributed by atoms with Crippen molar-refractivity contribution in [1.82, 2.24) is 14.9 Å². The molecule has 0 spiro atoms. The van der Waals surface area contributed by atoms with Crippen LogP contribution in [0.3, 0.4) is 0 Å². The smallest absolute Gasteiger partial charge is 0.211 e. The minimum atomic E-state index is -3.05. The molecule has 0 aromatic rings. The SMILES string of the molecule is C#CCNC(=NCC1CCN(S(C)(=O)=O)CC1)NCC.I. The highest BCUT2D eigenvalue weighted by atomic mass is 127. The molecule has 0 radical (unpaired) electrons. The predicted octanol–water partition coefficient (Wildman–Crippen LogP) is 0.464. The Morgan fingerprint density at radius 1 is 1.38 bits per heavy atom. The van der Waals surface area contributed by atoms with Crippen LogP contribution in [-0.4, -0.2) is 57.7 Å². The molecule has 122 valence electrons. The molecule has 1 fully saturated rings. The van der Waals surface area contributed by atoms with Crippen molar-refractivity contribution < 1.29 is 8.42 Å². The zero-order valence-electron chi connectivity index (χ0n) is 12.6. The Bertz CT molecular complexity index is 465. The lowest BCUT2D eigenvalue weighted by Crippen LogP contribution is -2.40. The maximum Gasteiger partial charge on any atom is 0.211 e. The van der Waals surface area contributed by atoms with Gasteiger partial charge in [0.25, 0.3) is 0 Å². The van der Waals surface area contributed by atoms with Crippen molar-refractivity contribution in [2.45, 2.75) is 19.8 Å². The number of hydrogen-bond acceptors (Lipinski definition) is 3. The van der Waals surface area contributed by atoms with Gasteiger partial charge in [-0.15, -0.1) is 30.4 Å². The van der Waals surface area contributed by atoms with E-state index in [1.807, 2.05) is 6.92 Å². The van der Waals surface area contributed by atoms with Gasteiger partial charge in [0.05, 0.1) is 12.8 Å². The Morgan fingerprint density at radius 3 is 2.48 bits per heavy atom. The molecule has 8 heteroatoms. The van der Waals surface area contributed by atoms with E-state index in [4.69, 9.17) is 6.42 Å². The first-order valence-corrected chi connectivity index (χ1v) is 8.73. The maximum atomic E-state index is 11.4. The summed E-state index contributed by atoms with van der Waals surface area (Å²) in [5.74, 6) is 3.66. The van der Waals surface area contributed by atoms with Gasteiger partial charge in [0.15, 0.2) is 5.96 Å². The normalized spacial score (nSPS) is 17.7. The van der Waals surface area contributed by atoms with E-state index < -0.39 is 10.0 Å². The molecule has 0 aromatic carbocycles. The highest BCUT2D eigenvalue weighted by Gasteiger charge is 2.24. The molecule has 1 aliphatic rings. The van der Waals surface area contributed by atoms with Crippen LogP contribution >= 0.6 is 24.0 Å². The van der Waals surface area contributed by atoms with Gasteiger partial charge >= 0.3 is 0 Å². The van der Waals surface area contributed by atoms with E-state index in [-0.39, 0.29) is 24.0 Å². The van der Waals surface area contributed by atoms with Gasteiger partial charge in [-0.2, -0.15) is 0 Å². The van der Waals surface area contributed by atoms with Gasteiger partial charge in [-0.1, -0.05) is 5.92 Å². The van der Waals surface area contributed by atoms with Gasteiger partial charge < -0.3 is 10.6 Å². The first-order valence-electron chi connectivity index (χ1n) is 6.88. The van der Waals surface area contributed by atoms with Crippen molar-refractivity contribution in [3.63, 3.8) is 0 Å². The molecule has 1 aliphatic heterocycles. The van der Waals surface area contributed by atoms with Crippen LogP contribution in [0.25, 0.3) is 0 Å². The minimum Gasteiger partial charge on any atom is -0.357 e. The monoisotopic (exact) mass is 428 g/mol. The van der Waals surface area contributed by atoms with E-state index in [1.165, 1.54) is 10.6 Å². The Morgan fingerprint density at radius 2 is 2.00 bits per heavy atom. The fourth-order valence-electron chi connectivity index (χ4n) is 2.12. The Balaban J connectivity index is 0.00000400. The van der Waals surface area contributed by atoms with Crippen molar-refractivity contribution >= 4 is 40.0 Å². The first-order chi connectivity index (χ1) is 9.47. The largest absolute Gasteiger partial charge is 0.357 e. The van der Waals surface area contributed by atoms with Crippen molar-refractivity contribution in [1.29, 1.82) is 0 Å². The Kier molecular flexibility index (Phi) is 9.98. The van der Waals surface area contributed by atoms with Crippen LogP contribution in [0.15, 0.2) is 4.99 Å². The molecule has 0 unspecified atom stereocenters. The molecular weight excluding hydrogens is 403 g/mol. The standard InChI is InChI=1S/C13H24N4O2S.HI/c1-4-8-15-13(14-5-2)16-11-12-6-9-17(10-7-12)20(3,18)19;/h1,12H,5-11H2,2-3H3,(H2,14,15,16);1H. The van der Waals surface area contributed by atoms with Gasteiger partial charge in [-0.05, 0) is 25.7 Å². The molecule has 0 aromatic heterocycles. The van der Waals surface area contributed by atoms with Gasteiger partial charge in [-0.25, -0.2) is 12.7 Å². The molecule has 1 saturated heterocycles. The quantitative estimate of drug-likeness (QED) is 0.289. The molecule has 0 aliphatic carbocycles. The predicted molar refractivity (Wildman–Crippen MR) is 97.4 cm³/mol. The van der Waals surface area contributed by atoms with Crippen LogP contribution in [-0.2, 0) is 10.0 Å². The first kappa shape index (κ1) is 20.5. The summed E-state index contributed by atoms with van der Waals surface area (Å²) in [5, 5.41) is 6.17. The summed E-state index contributed by atoms with van der Waals surface area (Å²) in [6.07, 6.45) is 8.18. The third kappa shape index (κ3) is 7.87. The number of halogens is 1. The molecule has 6 nitrogen and oxygen atoms in total. The van der Waals surface area contributed by atoms with E-state index in [0.29, 0.717) is 32.1 Å². The second-order valence-corrected chi connectivity index (χ2v) is 6.87. The van der Waals surface area contributed by atoms with Crippen molar-refractivity contribution in [3.05, 3.63) is 0 Å². The van der Waals surface area contributed by atoms with E-state index >= 15 is 0 Å². The molecular formula is C13H25IN4O2S. The zero-order valence-corrected chi connectivity index (χ0v) is 15.8. The van der Waals surface area contributed by atoms with Crippen LogP contribution < -0.4 is 10.6 Å². The van der Waals surface area contributed by atoms with Crippen LogP contribution in [0.5, 0.6) is 0 Å². The Labute approximate surface area is 145 Å². The molecule has 0 saturated carbocycles. The molecule has 0 atom stereocenters. The highest BCUT2D eigenvalue weighted by Crippen LogP contribution is 2.19. The third-order valence-corrected chi connectivity index (χ3v) is 4.56. The molecule has 0 bridgehead atoms. The fourth-order valence-corrected chi connectivity index (χ4v) is 2.99. The topological polar surface area (TPSA) is 73.8 Å². The lowest BCUT2D eigenvalue weighted by molar-refractivity contribution is 0.280. The number of nitrogens with zero attached hydrogens (tertiary/aromatic N) is 2. The number of piperidine rings is 1. The summed E-state index contributed by atoms with van der Waals surface area (Å²) in [7, 11) is -3.05. The molecule has 0 amide bonds. The number of aliphatic imine (C=N–C) groups is 1. The summed E-state index contributed by atoms with van der Waals surface area (Å²) < 4.78 is 24.4. The van der Waals surface area contributed by atoms with Crippen molar-refractivity contribution in [3.8, 4) is 12.3 Å². The zero-order chi connectivity index (χ0) is 15.0. The second kappa shape index (κ2) is 10.2. The molecule has 1 heterocycles. The number of nitrogens with one attached hydrogen (secondary N) is 2. The number of rotatable bonds is 5. The second-order valence-electron chi connectivity index (χ2n) is 4.88. The Hall–Kier alpha value is -0.530. The van der Waals surface area contributed by atoms with E-state index in [2.05, 4.69) is 21.5 Å². The molecule has 2 N–H and O–H groups in total. The summed E-state index contributed by atoms with van der Waals surface area (Å²) >= 11 is 0. The number of guanidine groups is 1. The van der Waals surface area contributed by atoms with E-state index in [1.54, 1.807) is 0 Å². The summed E-state index contributed by atoms with van der Waals surface area (Å²) in [6, 6.07) is 0. The van der Waals surface area contributed by atoms with Crippen LogP contribution in [0.4, 0.5) is 0 Å².